The Morgan fingerprint density at radius 1 is 1.16 bits per heavy atom. The van der Waals surface area contributed by atoms with Gasteiger partial charge in [-0.2, -0.15) is 5.48 Å². The van der Waals surface area contributed by atoms with Crippen molar-refractivity contribution >= 4 is 28.6 Å². The Morgan fingerprint density at radius 2 is 1.90 bits per heavy atom. The van der Waals surface area contributed by atoms with Gasteiger partial charge in [0.2, 0.25) is 11.5 Å². The van der Waals surface area contributed by atoms with Gasteiger partial charge in [-0.05, 0) is 56.3 Å². The van der Waals surface area contributed by atoms with Crippen LogP contribution < -0.4 is 15.0 Å². The standard InChI is InChI=1S/C22H20ClN3O5/c1-13-3-10-19(31-26-13)22(2,21(27)28)30-16-7-5-15(6-8-16)29-20-12-24-18-11-14(23)4-9-17(18)25-20/h3-13,19,26H,1-2H3,(H,27,28). The minimum absolute atomic E-state index is 0.0130. The van der Waals surface area contributed by atoms with Gasteiger partial charge in [0.15, 0.2) is 0 Å². The molecule has 8 nitrogen and oxygen atoms in total. The number of halogens is 1. The number of aromatic nitrogens is 2. The zero-order valence-electron chi connectivity index (χ0n) is 16.8. The summed E-state index contributed by atoms with van der Waals surface area (Å²) in [4.78, 5) is 26.1. The summed E-state index contributed by atoms with van der Waals surface area (Å²) in [5.74, 6) is 0.0218. The lowest BCUT2D eigenvalue weighted by atomic mass is 9.97. The first-order chi connectivity index (χ1) is 14.8. The summed E-state index contributed by atoms with van der Waals surface area (Å²) in [5.41, 5.74) is 2.45. The van der Waals surface area contributed by atoms with E-state index in [9.17, 15) is 9.90 Å². The molecule has 0 spiro atoms. The molecule has 2 N–H and O–H groups in total. The molecule has 2 heterocycles. The van der Waals surface area contributed by atoms with Gasteiger partial charge >= 0.3 is 5.97 Å². The second-order valence-corrected chi connectivity index (χ2v) is 7.70. The summed E-state index contributed by atoms with van der Waals surface area (Å²) in [6, 6.07) is 11.8. The van der Waals surface area contributed by atoms with Gasteiger partial charge in [0.05, 0.1) is 17.2 Å². The average molecular weight is 442 g/mol. The van der Waals surface area contributed by atoms with Gasteiger partial charge in [0, 0.05) is 11.1 Å². The molecular formula is C22H20ClN3O5. The molecule has 9 heteroatoms. The summed E-state index contributed by atoms with van der Waals surface area (Å²) in [5, 5.41) is 10.3. The summed E-state index contributed by atoms with van der Waals surface area (Å²) >= 11 is 5.96. The second kappa shape index (κ2) is 8.50. The molecule has 0 bridgehead atoms. The number of rotatable bonds is 6. The fourth-order valence-corrected chi connectivity index (χ4v) is 3.17. The molecule has 0 saturated heterocycles. The number of ether oxygens (including phenoxy) is 2. The quantitative estimate of drug-likeness (QED) is 0.550. The number of carboxylic acids is 1. The normalized spacial score (nSPS) is 20.2. The van der Waals surface area contributed by atoms with E-state index in [1.165, 1.54) is 13.1 Å². The van der Waals surface area contributed by atoms with Crippen LogP contribution in [0.15, 0.2) is 60.8 Å². The van der Waals surface area contributed by atoms with Gasteiger partial charge in [-0.25, -0.2) is 14.8 Å². The van der Waals surface area contributed by atoms with Crippen molar-refractivity contribution in [2.75, 3.05) is 0 Å². The van der Waals surface area contributed by atoms with Crippen molar-refractivity contribution in [3.63, 3.8) is 0 Å². The molecular weight excluding hydrogens is 422 g/mol. The zero-order chi connectivity index (χ0) is 22.0. The van der Waals surface area contributed by atoms with E-state index in [-0.39, 0.29) is 6.04 Å². The molecule has 1 aliphatic rings. The van der Waals surface area contributed by atoms with E-state index < -0.39 is 17.7 Å². The third-order valence-corrected chi connectivity index (χ3v) is 5.02. The van der Waals surface area contributed by atoms with Gasteiger partial charge in [-0.15, -0.1) is 0 Å². The van der Waals surface area contributed by atoms with Gasteiger partial charge in [-0.1, -0.05) is 23.8 Å². The number of benzene rings is 2. The predicted octanol–water partition coefficient (Wildman–Crippen LogP) is 4.15. The molecule has 1 aliphatic heterocycles. The van der Waals surface area contributed by atoms with Crippen LogP contribution in [0, 0.1) is 0 Å². The molecule has 31 heavy (non-hydrogen) atoms. The number of carbonyl (C=O) groups is 1. The number of nitrogens with zero attached hydrogens (tertiary/aromatic N) is 2. The number of aliphatic carboxylic acids is 1. The van der Waals surface area contributed by atoms with Crippen LogP contribution in [0.1, 0.15) is 13.8 Å². The first-order valence-corrected chi connectivity index (χ1v) is 9.93. The smallest absolute Gasteiger partial charge is 0.350 e. The number of hydroxylamine groups is 1. The number of hydrogen-bond acceptors (Lipinski definition) is 7. The first-order valence-electron chi connectivity index (χ1n) is 9.55. The molecule has 0 fully saturated rings. The lowest BCUT2D eigenvalue weighted by molar-refractivity contribution is -0.172. The van der Waals surface area contributed by atoms with E-state index in [0.29, 0.717) is 33.4 Å². The molecule has 4 rings (SSSR count). The Hall–Kier alpha value is -3.20. The van der Waals surface area contributed by atoms with Crippen molar-refractivity contribution in [1.29, 1.82) is 0 Å². The van der Waals surface area contributed by atoms with Crippen molar-refractivity contribution in [3.05, 3.63) is 65.8 Å². The van der Waals surface area contributed by atoms with Crippen LogP contribution in [0.25, 0.3) is 11.0 Å². The summed E-state index contributed by atoms with van der Waals surface area (Å²) in [6.45, 7) is 3.35. The molecule has 1 aromatic heterocycles. The summed E-state index contributed by atoms with van der Waals surface area (Å²) < 4.78 is 11.6. The van der Waals surface area contributed by atoms with E-state index in [4.69, 9.17) is 25.9 Å². The van der Waals surface area contributed by atoms with E-state index in [0.717, 1.165) is 0 Å². The molecule has 3 aromatic rings. The van der Waals surface area contributed by atoms with Gasteiger partial charge < -0.3 is 14.6 Å². The molecule has 0 amide bonds. The molecule has 3 atom stereocenters. The Morgan fingerprint density at radius 3 is 2.58 bits per heavy atom. The zero-order valence-corrected chi connectivity index (χ0v) is 17.5. The Kier molecular flexibility index (Phi) is 5.77. The maximum atomic E-state index is 11.9. The topological polar surface area (TPSA) is 103 Å². The third kappa shape index (κ3) is 4.61. The van der Waals surface area contributed by atoms with E-state index in [2.05, 4.69) is 15.4 Å². The van der Waals surface area contributed by atoms with E-state index in [1.54, 1.807) is 48.5 Å². The van der Waals surface area contributed by atoms with Gasteiger partial charge in [0.25, 0.3) is 0 Å². The molecule has 0 aliphatic carbocycles. The number of fused-ring (bicyclic) bond motifs is 1. The Balaban J connectivity index is 1.49. The highest BCUT2D eigenvalue weighted by Crippen LogP contribution is 2.29. The minimum Gasteiger partial charge on any atom is -0.478 e. The van der Waals surface area contributed by atoms with Crippen molar-refractivity contribution < 1.29 is 24.2 Å². The maximum absolute atomic E-state index is 11.9. The largest absolute Gasteiger partial charge is 0.478 e. The highest BCUT2D eigenvalue weighted by molar-refractivity contribution is 6.31. The number of nitrogens with one attached hydrogen (secondary N) is 1. The summed E-state index contributed by atoms with van der Waals surface area (Å²) in [7, 11) is 0. The highest BCUT2D eigenvalue weighted by Gasteiger charge is 2.45. The van der Waals surface area contributed by atoms with Crippen LogP contribution in [0.3, 0.4) is 0 Å². The second-order valence-electron chi connectivity index (χ2n) is 7.26. The monoisotopic (exact) mass is 441 g/mol. The van der Waals surface area contributed by atoms with Crippen LogP contribution in [0.4, 0.5) is 0 Å². The predicted molar refractivity (Wildman–Crippen MR) is 114 cm³/mol. The average Bonchev–Trinajstić information content (AvgIpc) is 2.75. The lowest BCUT2D eigenvalue weighted by Crippen LogP contribution is -2.55. The minimum atomic E-state index is -1.63. The van der Waals surface area contributed by atoms with Crippen LogP contribution >= 0.6 is 11.6 Å². The van der Waals surface area contributed by atoms with E-state index >= 15 is 0 Å². The van der Waals surface area contributed by atoms with Crippen LogP contribution in [-0.4, -0.2) is 38.8 Å². The fraction of sp³-hybridized carbons (Fsp3) is 0.227. The Labute approximate surface area is 183 Å². The molecule has 0 saturated carbocycles. The number of carboxylic acid groups (broad SMARTS) is 1. The third-order valence-electron chi connectivity index (χ3n) is 4.78. The van der Waals surface area contributed by atoms with Crippen LogP contribution in [0.2, 0.25) is 5.02 Å². The van der Waals surface area contributed by atoms with Crippen molar-refractivity contribution in [1.82, 2.24) is 15.4 Å². The Bertz CT molecular complexity index is 1140. The van der Waals surface area contributed by atoms with Crippen molar-refractivity contribution in [2.24, 2.45) is 0 Å². The molecule has 160 valence electrons. The molecule has 0 radical (unpaired) electrons. The van der Waals surface area contributed by atoms with Crippen LogP contribution in [-0.2, 0) is 9.63 Å². The fourth-order valence-electron chi connectivity index (χ4n) is 3.00. The molecule has 3 unspecified atom stereocenters. The van der Waals surface area contributed by atoms with Crippen LogP contribution in [0.5, 0.6) is 17.4 Å². The summed E-state index contributed by atoms with van der Waals surface area (Å²) in [6.07, 6.45) is 4.20. The lowest BCUT2D eigenvalue weighted by Gasteiger charge is -2.34. The van der Waals surface area contributed by atoms with Gasteiger partial charge in [0.1, 0.15) is 17.6 Å². The van der Waals surface area contributed by atoms with Gasteiger partial charge in [-0.3, -0.25) is 4.84 Å². The van der Waals surface area contributed by atoms with Crippen molar-refractivity contribution in [2.45, 2.75) is 31.6 Å². The first kappa shape index (κ1) is 21.0. The van der Waals surface area contributed by atoms with E-state index in [1.807, 2.05) is 13.0 Å². The maximum Gasteiger partial charge on any atom is 0.350 e. The van der Waals surface area contributed by atoms with Crippen molar-refractivity contribution in [3.8, 4) is 17.4 Å². The number of hydrogen-bond donors (Lipinski definition) is 2. The highest BCUT2D eigenvalue weighted by atomic mass is 35.5. The molecule has 2 aromatic carbocycles. The SMILES string of the molecule is CC1C=CC(C(C)(Oc2ccc(Oc3cnc4cc(Cl)ccc4n3)cc2)C(=O)O)ON1.